The van der Waals surface area contributed by atoms with Crippen LogP contribution in [0.15, 0.2) is 0 Å². The van der Waals surface area contributed by atoms with E-state index in [4.69, 9.17) is 0 Å². The zero-order valence-corrected chi connectivity index (χ0v) is 10.1. The second-order valence-electron chi connectivity index (χ2n) is 6.16. The molecule has 0 radical (unpaired) electrons. The van der Waals surface area contributed by atoms with Crippen LogP contribution in [-0.4, -0.2) is 30.8 Å². The minimum absolute atomic E-state index is 0.235. The molecule has 5 unspecified atom stereocenters. The van der Waals surface area contributed by atoms with Crippen molar-refractivity contribution < 1.29 is 4.39 Å². The third-order valence-corrected chi connectivity index (χ3v) is 4.89. The summed E-state index contributed by atoms with van der Waals surface area (Å²) >= 11 is 0. The molecule has 0 aromatic carbocycles. The van der Waals surface area contributed by atoms with Crippen LogP contribution in [0.1, 0.15) is 39.0 Å². The highest BCUT2D eigenvalue weighted by atomic mass is 19.1. The first-order chi connectivity index (χ1) is 7.67. The monoisotopic (exact) mass is 226 g/mol. The Kier molecular flexibility index (Phi) is 2.71. The normalized spacial score (nSPS) is 52.9. The summed E-state index contributed by atoms with van der Waals surface area (Å²) in [4.78, 5) is 0. The van der Waals surface area contributed by atoms with Gasteiger partial charge < -0.3 is 10.6 Å². The average molecular weight is 226 g/mol. The molecule has 3 fully saturated rings. The lowest BCUT2D eigenvalue weighted by Crippen LogP contribution is -2.57. The molecule has 3 aliphatic heterocycles. The number of hydrogen-bond donors (Lipinski definition) is 2. The van der Waals surface area contributed by atoms with Gasteiger partial charge in [0.25, 0.3) is 0 Å². The molecule has 0 aromatic heterocycles. The van der Waals surface area contributed by atoms with Crippen molar-refractivity contribution in [1.82, 2.24) is 10.6 Å². The molecule has 3 heteroatoms. The van der Waals surface area contributed by atoms with Gasteiger partial charge in [-0.25, -0.2) is 4.39 Å². The molecule has 3 aliphatic rings. The predicted octanol–water partition coefficient (Wildman–Crippen LogP) is 1.85. The predicted molar refractivity (Wildman–Crippen MR) is 63.2 cm³/mol. The van der Waals surface area contributed by atoms with Crippen LogP contribution in [0.3, 0.4) is 0 Å². The second kappa shape index (κ2) is 3.95. The third kappa shape index (κ3) is 1.78. The molecule has 3 saturated heterocycles. The number of fused-ring (bicyclic) bond motifs is 2. The van der Waals surface area contributed by atoms with Gasteiger partial charge in [-0.2, -0.15) is 0 Å². The minimum atomic E-state index is -0.944. The molecule has 0 saturated carbocycles. The van der Waals surface area contributed by atoms with Gasteiger partial charge in [-0.1, -0.05) is 0 Å². The van der Waals surface area contributed by atoms with Crippen LogP contribution in [0.5, 0.6) is 0 Å². The van der Waals surface area contributed by atoms with Gasteiger partial charge in [-0.15, -0.1) is 0 Å². The summed E-state index contributed by atoms with van der Waals surface area (Å²) in [5.74, 6) is 0.777. The van der Waals surface area contributed by atoms with E-state index >= 15 is 0 Å². The molecular formula is C13H23FN2. The van der Waals surface area contributed by atoms with Gasteiger partial charge in [0.05, 0.1) is 0 Å². The number of piperidine rings is 2. The van der Waals surface area contributed by atoms with Crippen LogP contribution < -0.4 is 10.6 Å². The van der Waals surface area contributed by atoms with E-state index in [1.54, 1.807) is 0 Å². The number of halogens is 1. The third-order valence-electron chi connectivity index (χ3n) is 4.89. The lowest BCUT2D eigenvalue weighted by atomic mass is 9.70. The first-order valence-corrected chi connectivity index (χ1v) is 6.82. The molecule has 2 N–H and O–H groups in total. The standard InChI is InChI=1S/C13H23FN2/c1-13(14)7-10-4-5-11(16-10)12(13)9-3-2-6-15-8-9/h9-12,15-16H,2-8H2,1H3. The zero-order valence-electron chi connectivity index (χ0n) is 10.1. The Balaban J connectivity index is 1.79. The molecule has 3 heterocycles. The van der Waals surface area contributed by atoms with E-state index in [0.717, 1.165) is 19.5 Å². The molecule has 0 aliphatic carbocycles. The smallest absolute Gasteiger partial charge is 0.114 e. The number of nitrogens with one attached hydrogen (secondary N) is 2. The van der Waals surface area contributed by atoms with Crippen LogP contribution >= 0.6 is 0 Å². The fourth-order valence-electron chi connectivity index (χ4n) is 4.34. The summed E-state index contributed by atoms with van der Waals surface area (Å²) in [6.07, 6.45) is 5.52. The second-order valence-corrected chi connectivity index (χ2v) is 6.16. The summed E-state index contributed by atoms with van der Waals surface area (Å²) in [5.41, 5.74) is -0.944. The van der Waals surface area contributed by atoms with Crippen molar-refractivity contribution in [3.05, 3.63) is 0 Å². The van der Waals surface area contributed by atoms with Gasteiger partial charge in [0.15, 0.2) is 0 Å². The van der Waals surface area contributed by atoms with Crippen molar-refractivity contribution in [3.8, 4) is 0 Å². The highest BCUT2D eigenvalue weighted by Crippen LogP contribution is 2.45. The van der Waals surface area contributed by atoms with Crippen molar-refractivity contribution >= 4 is 0 Å². The van der Waals surface area contributed by atoms with E-state index in [1.807, 2.05) is 6.92 Å². The van der Waals surface area contributed by atoms with Crippen LogP contribution in [-0.2, 0) is 0 Å². The molecule has 0 amide bonds. The Bertz CT molecular complexity index is 261. The summed E-state index contributed by atoms with van der Waals surface area (Å²) < 4.78 is 14.8. The highest BCUT2D eigenvalue weighted by molar-refractivity contribution is 5.06. The molecule has 16 heavy (non-hydrogen) atoms. The average Bonchev–Trinajstić information content (AvgIpc) is 2.62. The summed E-state index contributed by atoms with van der Waals surface area (Å²) in [6.45, 7) is 3.98. The number of rotatable bonds is 1. The van der Waals surface area contributed by atoms with E-state index in [1.165, 1.54) is 25.7 Å². The highest BCUT2D eigenvalue weighted by Gasteiger charge is 2.51. The maximum absolute atomic E-state index is 14.8. The molecule has 0 aromatic rings. The topological polar surface area (TPSA) is 24.1 Å². The van der Waals surface area contributed by atoms with Gasteiger partial charge in [-0.3, -0.25) is 0 Å². The van der Waals surface area contributed by atoms with Crippen LogP contribution in [0.25, 0.3) is 0 Å². The van der Waals surface area contributed by atoms with E-state index in [0.29, 0.717) is 18.0 Å². The SMILES string of the molecule is CC1(F)CC2CCC(N2)C1C1CCCNC1. The zero-order chi connectivity index (χ0) is 11.2. The Labute approximate surface area is 97.4 Å². The van der Waals surface area contributed by atoms with Crippen molar-refractivity contribution in [2.45, 2.75) is 56.8 Å². The Morgan fingerprint density at radius 1 is 1.25 bits per heavy atom. The molecule has 0 spiro atoms. The van der Waals surface area contributed by atoms with Crippen LogP contribution in [0, 0.1) is 11.8 Å². The lowest BCUT2D eigenvalue weighted by molar-refractivity contribution is -0.00453. The molecule has 92 valence electrons. The van der Waals surface area contributed by atoms with Crippen LogP contribution in [0.4, 0.5) is 4.39 Å². The van der Waals surface area contributed by atoms with Crippen molar-refractivity contribution in [2.75, 3.05) is 13.1 Å². The Morgan fingerprint density at radius 3 is 2.88 bits per heavy atom. The summed E-state index contributed by atoms with van der Waals surface area (Å²) in [7, 11) is 0. The van der Waals surface area contributed by atoms with Gasteiger partial charge in [0, 0.05) is 18.0 Å². The first-order valence-electron chi connectivity index (χ1n) is 6.82. The van der Waals surface area contributed by atoms with Gasteiger partial charge in [0.2, 0.25) is 0 Å². The van der Waals surface area contributed by atoms with Crippen molar-refractivity contribution in [2.24, 2.45) is 11.8 Å². The van der Waals surface area contributed by atoms with E-state index in [9.17, 15) is 4.39 Å². The first kappa shape index (κ1) is 11.0. The van der Waals surface area contributed by atoms with E-state index in [2.05, 4.69) is 10.6 Å². The Morgan fingerprint density at radius 2 is 2.12 bits per heavy atom. The number of alkyl halides is 1. The van der Waals surface area contributed by atoms with Gasteiger partial charge >= 0.3 is 0 Å². The van der Waals surface area contributed by atoms with Crippen molar-refractivity contribution in [3.63, 3.8) is 0 Å². The largest absolute Gasteiger partial charge is 0.316 e. The molecule has 2 nitrogen and oxygen atoms in total. The summed E-state index contributed by atoms with van der Waals surface area (Å²) in [6, 6.07) is 0.895. The maximum Gasteiger partial charge on any atom is 0.114 e. The molecular weight excluding hydrogens is 203 g/mol. The fourth-order valence-corrected chi connectivity index (χ4v) is 4.34. The number of hydrogen-bond acceptors (Lipinski definition) is 2. The minimum Gasteiger partial charge on any atom is -0.316 e. The quantitative estimate of drug-likeness (QED) is 0.713. The fraction of sp³-hybridized carbons (Fsp3) is 1.00. The van der Waals surface area contributed by atoms with E-state index in [-0.39, 0.29) is 5.92 Å². The van der Waals surface area contributed by atoms with Gasteiger partial charge in [0.1, 0.15) is 5.67 Å². The van der Waals surface area contributed by atoms with Crippen molar-refractivity contribution in [1.29, 1.82) is 0 Å². The molecule has 3 rings (SSSR count). The van der Waals surface area contributed by atoms with Gasteiger partial charge in [-0.05, 0) is 58.0 Å². The maximum atomic E-state index is 14.8. The molecule has 5 atom stereocenters. The Hall–Kier alpha value is -0.150. The van der Waals surface area contributed by atoms with Crippen LogP contribution in [0.2, 0.25) is 0 Å². The molecule has 2 bridgehead atoms. The van der Waals surface area contributed by atoms with E-state index < -0.39 is 5.67 Å². The lowest BCUT2D eigenvalue weighted by Gasteiger charge is -2.45. The summed E-state index contributed by atoms with van der Waals surface area (Å²) in [5, 5.41) is 7.06.